The fourth-order valence-electron chi connectivity index (χ4n) is 3.53. The second kappa shape index (κ2) is 8.10. The van der Waals surface area contributed by atoms with Crippen molar-refractivity contribution in [2.45, 2.75) is 24.6 Å². The van der Waals surface area contributed by atoms with Gasteiger partial charge in [0.15, 0.2) is 0 Å². The van der Waals surface area contributed by atoms with Crippen molar-refractivity contribution < 1.29 is 22.8 Å². The molecule has 1 saturated heterocycles. The van der Waals surface area contributed by atoms with Crippen molar-refractivity contribution in [3.63, 3.8) is 0 Å². The average molecular weight is 529 g/mol. The highest BCUT2D eigenvalue weighted by molar-refractivity contribution is 14.1. The van der Waals surface area contributed by atoms with Gasteiger partial charge < -0.3 is 10.2 Å². The zero-order valence-corrected chi connectivity index (χ0v) is 18.0. The fraction of sp³-hybridized carbons (Fsp3) is 0.286. The van der Waals surface area contributed by atoms with E-state index < -0.39 is 17.3 Å². The van der Waals surface area contributed by atoms with Crippen molar-refractivity contribution in [1.82, 2.24) is 10.4 Å². The molecule has 2 aliphatic heterocycles. The van der Waals surface area contributed by atoms with E-state index in [2.05, 4.69) is 33.4 Å². The van der Waals surface area contributed by atoms with E-state index in [1.807, 2.05) is 30.3 Å². The number of urea groups is 1. The van der Waals surface area contributed by atoms with Gasteiger partial charge in [0, 0.05) is 35.2 Å². The Morgan fingerprint density at radius 3 is 2.30 bits per heavy atom. The molecule has 1 spiro atoms. The van der Waals surface area contributed by atoms with Crippen LogP contribution in [0.25, 0.3) is 5.70 Å². The van der Waals surface area contributed by atoms with Crippen LogP contribution in [0.4, 0.5) is 23.7 Å². The van der Waals surface area contributed by atoms with Crippen molar-refractivity contribution >= 4 is 40.0 Å². The van der Waals surface area contributed by atoms with E-state index in [0.717, 1.165) is 21.4 Å². The van der Waals surface area contributed by atoms with Crippen LogP contribution in [0.15, 0.2) is 54.6 Å². The normalized spacial score (nSPS) is 18.1. The van der Waals surface area contributed by atoms with Crippen molar-refractivity contribution in [3.8, 4) is 0 Å². The number of likely N-dealkylation sites (tertiary alicyclic amines) is 1. The molecule has 9 heteroatoms. The molecule has 158 valence electrons. The summed E-state index contributed by atoms with van der Waals surface area (Å²) in [7, 11) is 0. The molecule has 0 bridgehead atoms. The van der Waals surface area contributed by atoms with Gasteiger partial charge in [-0.3, -0.25) is 10.3 Å². The molecule has 4 rings (SSSR count). The van der Waals surface area contributed by atoms with E-state index in [9.17, 15) is 18.0 Å². The topological polar surface area (TPSA) is 53.6 Å². The molecule has 0 saturated carbocycles. The molecule has 2 heterocycles. The Kier molecular flexibility index (Phi) is 5.67. The molecular formula is C21H19F3IN3O2. The molecule has 2 amide bonds. The highest BCUT2D eigenvalue weighted by Gasteiger charge is 2.40. The summed E-state index contributed by atoms with van der Waals surface area (Å²) in [5, 5.41) is 2.89. The zero-order valence-electron chi connectivity index (χ0n) is 15.8. The number of benzene rings is 2. The SMILES string of the molecule is O=C(Nc1ccc(I)cc1)N1CCC2(C=C(c3ccc(C(F)(F)F)cc3)NO2)CC1. The molecule has 1 fully saturated rings. The van der Waals surface area contributed by atoms with Gasteiger partial charge >= 0.3 is 12.2 Å². The quantitative estimate of drug-likeness (QED) is 0.523. The van der Waals surface area contributed by atoms with Crippen LogP contribution in [0.2, 0.25) is 0 Å². The van der Waals surface area contributed by atoms with Crippen molar-refractivity contribution in [3.05, 3.63) is 69.3 Å². The summed E-state index contributed by atoms with van der Waals surface area (Å²) in [5.41, 5.74) is 3.59. The van der Waals surface area contributed by atoms with Gasteiger partial charge in [-0.05, 0) is 70.6 Å². The van der Waals surface area contributed by atoms with Crippen LogP contribution in [-0.4, -0.2) is 29.6 Å². The first kappa shape index (κ1) is 21.0. The summed E-state index contributed by atoms with van der Waals surface area (Å²) in [6, 6.07) is 12.4. The lowest BCUT2D eigenvalue weighted by Crippen LogP contribution is -2.48. The Hall–Kier alpha value is -2.27. The number of hydrogen-bond donors (Lipinski definition) is 2. The number of halogens is 4. The molecule has 2 aromatic rings. The Morgan fingerprint density at radius 2 is 1.70 bits per heavy atom. The van der Waals surface area contributed by atoms with E-state index in [1.54, 1.807) is 4.90 Å². The first-order chi connectivity index (χ1) is 14.2. The van der Waals surface area contributed by atoms with E-state index in [0.29, 0.717) is 37.2 Å². The minimum atomic E-state index is -4.36. The maximum absolute atomic E-state index is 12.7. The number of carbonyl (C=O) groups excluding carboxylic acids is 1. The average Bonchev–Trinajstić information content (AvgIpc) is 3.13. The minimum Gasteiger partial charge on any atom is -0.324 e. The van der Waals surface area contributed by atoms with E-state index >= 15 is 0 Å². The molecule has 2 aromatic carbocycles. The number of anilines is 1. The third kappa shape index (κ3) is 4.56. The lowest BCUT2D eigenvalue weighted by molar-refractivity contribution is -0.137. The Bertz CT molecular complexity index is 951. The first-order valence-electron chi connectivity index (χ1n) is 9.40. The summed E-state index contributed by atoms with van der Waals surface area (Å²) in [5.74, 6) is 0. The Morgan fingerprint density at radius 1 is 1.07 bits per heavy atom. The highest BCUT2D eigenvalue weighted by atomic mass is 127. The largest absolute Gasteiger partial charge is 0.416 e. The third-order valence-electron chi connectivity index (χ3n) is 5.29. The molecule has 0 aromatic heterocycles. The van der Waals surface area contributed by atoms with Gasteiger partial charge in [-0.25, -0.2) is 4.79 Å². The maximum atomic E-state index is 12.7. The minimum absolute atomic E-state index is 0.163. The van der Waals surface area contributed by atoms with Crippen LogP contribution in [0.5, 0.6) is 0 Å². The molecular weight excluding hydrogens is 510 g/mol. The molecule has 5 nitrogen and oxygen atoms in total. The van der Waals surface area contributed by atoms with Crippen LogP contribution in [0.3, 0.4) is 0 Å². The number of nitrogens with zero attached hydrogens (tertiary/aromatic N) is 1. The Balaban J connectivity index is 1.37. The van der Waals surface area contributed by atoms with Crippen molar-refractivity contribution in [1.29, 1.82) is 0 Å². The van der Waals surface area contributed by atoms with Gasteiger partial charge in [0.1, 0.15) is 5.60 Å². The van der Waals surface area contributed by atoms with Crippen LogP contribution in [-0.2, 0) is 11.0 Å². The highest BCUT2D eigenvalue weighted by Crippen LogP contribution is 2.36. The number of nitrogens with one attached hydrogen (secondary N) is 2. The molecule has 0 aliphatic carbocycles. The number of carbonyl (C=O) groups is 1. The van der Waals surface area contributed by atoms with Gasteiger partial charge in [-0.15, -0.1) is 0 Å². The fourth-order valence-corrected chi connectivity index (χ4v) is 3.89. The summed E-state index contributed by atoms with van der Waals surface area (Å²) < 4.78 is 39.3. The smallest absolute Gasteiger partial charge is 0.324 e. The van der Waals surface area contributed by atoms with Crippen LogP contribution >= 0.6 is 22.6 Å². The number of hydrogen-bond acceptors (Lipinski definition) is 3. The summed E-state index contributed by atoms with van der Waals surface area (Å²) >= 11 is 2.20. The molecule has 2 N–H and O–H groups in total. The van der Waals surface area contributed by atoms with Gasteiger partial charge in [-0.2, -0.15) is 13.2 Å². The van der Waals surface area contributed by atoms with Gasteiger partial charge in [0.2, 0.25) is 0 Å². The second-order valence-corrected chi connectivity index (χ2v) is 8.57. The third-order valence-corrected chi connectivity index (χ3v) is 6.01. The number of alkyl halides is 3. The van der Waals surface area contributed by atoms with Gasteiger partial charge in [0.25, 0.3) is 0 Å². The molecule has 0 atom stereocenters. The predicted molar refractivity (Wildman–Crippen MR) is 115 cm³/mol. The lowest BCUT2D eigenvalue weighted by atomic mass is 9.90. The van der Waals surface area contributed by atoms with Crippen LogP contribution in [0, 0.1) is 3.57 Å². The van der Waals surface area contributed by atoms with Gasteiger partial charge in [-0.1, -0.05) is 12.1 Å². The van der Waals surface area contributed by atoms with E-state index in [4.69, 9.17) is 4.84 Å². The van der Waals surface area contributed by atoms with Crippen LogP contribution < -0.4 is 10.8 Å². The Labute approximate surface area is 185 Å². The van der Waals surface area contributed by atoms with Crippen molar-refractivity contribution in [2.24, 2.45) is 0 Å². The monoisotopic (exact) mass is 529 g/mol. The predicted octanol–water partition coefficient (Wildman–Crippen LogP) is 5.25. The summed E-state index contributed by atoms with van der Waals surface area (Å²) in [6.07, 6.45) is -1.28. The second-order valence-electron chi connectivity index (χ2n) is 7.33. The summed E-state index contributed by atoms with van der Waals surface area (Å²) in [4.78, 5) is 20.0. The molecule has 2 aliphatic rings. The van der Waals surface area contributed by atoms with Crippen LogP contribution in [0.1, 0.15) is 24.0 Å². The number of hydroxylamine groups is 1. The van der Waals surface area contributed by atoms with E-state index in [1.165, 1.54) is 12.1 Å². The first-order valence-corrected chi connectivity index (χ1v) is 10.5. The number of rotatable bonds is 2. The number of piperidine rings is 1. The number of amides is 2. The maximum Gasteiger partial charge on any atom is 0.416 e. The molecule has 0 unspecified atom stereocenters. The standard InChI is InChI=1S/C21H19F3IN3O2/c22-21(23,24)15-3-1-14(2-4-15)18-13-20(30-27-18)9-11-28(12-10-20)19(29)26-17-7-5-16(25)6-8-17/h1-8,13,27H,9-12H2,(H,26,29). The zero-order chi connectivity index (χ0) is 21.4. The van der Waals surface area contributed by atoms with Crippen molar-refractivity contribution in [2.75, 3.05) is 18.4 Å². The molecule has 30 heavy (non-hydrogen) atoms. The lowest BCUT2D eigenvalue weighted by Gasteiger charge is -2.36. The summed E-state index contributed by atoms with van der Waals surface area (Å²) in [6.45, 7) is 1.02. The molecule has 0 radical (unpaired) electrons. The van der Waals surface area contributed by atoms with Gasteiger partial charge in [0.05, 0.1) is 11.3 Å². The van der Waals surface area contributed by atoms with E-state index in [-0.39, 0.29) is 6.03 Å².